The van der Waals surface area contributed by atoms with Crippen LogP contribution in [0.4, 0.5) is 4.79 Å². The molecule has 1 aromatic rings. The van der Waals surface area contributed by atoms with Crippen LogP contribution in [0.3, 0.4) is 0 Å². The molecule has 2 fully saturated rings. The third kappa shape index (κ3) is 8.94. The van der Waals surface area contributed by atoms with Crippen molar-refractivity contribution in [3.8, 4) is 0 Å². The van der Waals surface area contributed by atoms with E-state index in [0.717, 1.165) is 12.8 Å². The van der Waals surface area contributed by atoms with Gasteiger partial charge in [-0.05, 0) is 66.4 Å². The molecule has 2 aliphatic heterocycles. The van der Waals surface area contributed by atoms with Gasteiger partial charge in [0, 0.05) is 19.1 Å². The molecular weight excluding hydrogens is 499 g/mol. The average molecular weight is 545 g/mol. The Hall–Kier alpha value is -2.63. The molecule has 2 unspecified atom stereocenters. The third-order valence-electron chi connectivity index (χ3n) is 7.54. The van der Waals surface area contributed by atoms with Crippen molar-refractivity contribution in [1.29, 1.82) is 0 Å². The van der Waals surface area contributed by atoms with Crippen LogP contribution >= 0.6 is 0 Å². The minimum Gasteiger partial charge on any atom is -0.402 e. The van der Waals surface area contributed by atoms with Gasteiger partial charge in [-0.15, -0.1) is 0 Å². The Morgan fingerprint density at radius 3 is 2.15 bits per heavy atom. The summed E-state index contributed by atoms with van der Waals surface area (Å²) < 4.78 is 17.9. The standard InChI is InChI=1S/C28H45BN4O6/c1-20(2)30-26(36)31-22(19-24(34)33-15-17-37-18-16-33)25(35)32-23(14-10-13-21-11-8-7-9-12-21)29-38-27(3,4)28(5,6)39-29/h7-9,11-12,20,22-23H,10,13-19H2,1-6H3,(H,32,35)(H2,30,31,36). The number of nitrogens with zero attached hydrogens (tertiary/aromatic N) is 1. The molecule has 0 aliphatic carbocycles. The van der Waals surface area contributed by atoms with Crippen LogP contribution in [0.1, 0.15) is 66.4 Å². The van der Waals surface area contributed by atoms with E-state index in [4.69, 9.17) is 14.0 Å². The summed E-state index contributed by atoms with van der Waals surface area (Å²) in [6.07, 6.45) is 2.07. The lowest BCUT2D eigenvalue weighted by Gasteiger charge is -2.32. The van der Waals surface area contributed by atoms with Gasteiger partial charge in [0.05, 0.1) is 36.8 Å². The van der Waals surface area contributed by atoms with Crippen molar-refractivity contribution in [1.82, 2.24) is 20.9 Å². The number of carbonyl (C=O) groups is 3. The molecule has 3 rings (SSSR count). The highest BCUT2D eigenvalue weighted by Crippen LogP contribution is 2.38. The van der Waals surface area contributed by atoms with Gasteiger partial charge in [-0.2, -0.15) is 0 Å². The zero-order valence-corrected chi connectivity index (χ0v) is 24.2. The summed E-state index contributed by atoms with van der Waals surface area (Å²) in [5, 5.41) is 8.51. The number of ether oxygens (including phenoxy) is 1. The van der Waals surface area contributed by atoms with E-state index in [1.165, 1.54) is 5.56 Å². The maximum Gasteiger partial charge on any atom is 0.481 e. The first kappa shape index (κ1) is 30.9. The van der Waals surface area contributed by atoms with Gasteiger partial charge in [0.1, 0.15) is 6.04 Å². The van der Waals surface area contributed by atoms with Gasteiger partial charge in [-0.3, -0.25) is 9.59 Å². The van der Waals surface area contributed by atoms with Crippen LogP contribution in [-0.4, -0.2) is 85.4 Å². The maximum absolute atomic E-state index is 13.6. The zero-order valence-electron chi connectivity index (χ0n) is 24.2. The summed E-state index contributed by atoms with van der Waals surface area (Å²) in [5.41, 5.74) is 0.0695. The summed E-state index contributed by atoms with van der Waals surface area (Å²) in [4.78, 5) is 40.9. The summed E-state index contributed by atoms with van der Waals surface area (Å²) >= 11 is 0. The molecule has 0 bridgehead atoms. The third-order valence-corrected chi connectivity index (χ3v) is 7.54. The summed E-state index contributed by atoms with van der Waals surface area (Å²) in [6, 6.07) is 8.46. The lowest BCUT2D eigenvalue weighted by molar-refractivity contribution is -0.138. The molecule has 2 atom stereocenters. The Labute approximate surface area is 233 Å². The van der Waals surface area contributed by atoms with Crippen LogP contribution in [0.25, 0.3) is 0 Å². The first-order chi connectivity index (χ1) is 18.4. The summed E-state index contributed by atoms with van der Waals surface area (Å²) in [5.74, 6) is -1.13. The van der Waals surface area contributed by atoms with Gasteiger partial charge in [-0.1, -0.05) is 30.3 Å². The fourth-order valence-electron chi connectivity index (χ4n) is 4.57. The van der Waals surface area contributed by atoms with E-state index in [1.54, 1.807) is 4.90 Å². The Morgan fingerprint density at radius 2 is 1.56 bits per heavy atom. The normalized spacial score (nSPS) is 19.9. The molecular formula is C28H45BN4O6. The van der Waals surface area contributed by atoms with E-state index < -0.39 is 42.2 Å². The quantitative estimate of drug-likeness (QED) is 0.369. The molecule has 2 aliphatic rings. The van der Waals surface area contributed by atoms with E-state index in [0.29, 0.717) is 32.7 Å². The zero-order chi connectivity index (χ0) is 28.6. The fourth-order valence-corrected chi connectivity index (χ4v) is 4.57. The van der Waals surface area contributed by atoms with E-state index in [-0.39, 0.29) is 18.4 Å². The highest BCUT2D eigenvalue weighted by atomic mass is 16.7. The molecule has 2 heterocycles. The number of hydrogen-bond acceptors (Lipinski definition) is 6. The Kier molecular flexibility index (Phi) is 10.8. The van der Waals surface area contributed by atoms with Crippen LogP contribution in [0.5, 0.6) is 0 Å². The Bertz CT molecular complexity index is 952. The lowest BCUT2D eigenvalue weighted by atomic mass is 9.75. The van der Waals surface area contributed by atoms with Crippen molar-refractivity contribution in [2.75, 3.05) is 26.3 Å². The van der Waals surface area contributed by atoms with Crippen LogP contribution in [0.15, 0.2) is 30.3 Å². The molecule has 1 aromatic carbocycles. The summed E-state index contributed by atoms with van der Waals surface area (Å²) in [7, 11) is -0.671. The number of aryl methyl sites for hydroxylation is 1. The van der Waals surface area contributed by atoms with Gasteiger partial charge in [0.2, 0.25) is 11.8 Å². The molecule has 3 N–H and O–H groups in total. The molecule has 2 saturated heterocycles. The first-order valence-corrected chi connectivity index (χ1v) is 14.0. The summed E-state index contributed by atoms with van der Waals surface area (Å²) in [6.45, 7) is 13.4. The van der Waals surface area contributed by atoms with Gasteiger partial charge in [0.25, 0.3) is 0 Å². The molecule has 4 amide bonds. The van der Waals surface area contributed by atoms with E-state index >= 15 is 0 Å². The topological polar surface area (TPSA) is 118 Å². The van der Waals surface area contributed by atoms with Crippen LogP contribution in [-0.2, 0) is 30.1 Å². The van der Waals surface area contributed by atoms with E-state index in [9.17, 15) is 14.4 Å². The highest BCUT2D eigenvalue weighted by molar-refractivity contribution is 6.48. The number of hydrogen-bond donors (Lipinski definition) is 3. The Balaban J connectivity index is 1.74. The van der Waals surface area contributed by atoms with Crippen molar-refractivity contribution in [3.05, 3.63) is 35.9 Å². The number of nitrogens with one attached hydrogen (secondary N) is 3. The number of urea groups is 1. The van der Waals surface area contributed by atoms with Crippen LogP contribution in [0, 0.1) is 0 Å². The average Bonchev–Trinajstić information content (AvgIpc) is 3.10. The maximum atomic E-state index is 13.6. The lowest BCUT2D eigenvalue weighted by Crippen LogP contribution is -2.57. The van der Waals surface area contributed by atoms with Crippen molar-refractivity contribution < 1.29 is 28.4 Å². The van der Waals surface area contributed by atoms with Gasteiger partial charge < -0.3 is 34.9 Å². The number of carbonyl (C=O) groups excluding carboxylic acids is 3. The van der Waals surface area contributed by atoms with Crippen molar-refractivity contribution in [2.24, 2.45) is 0 Å². The monoisotopic (exact) mass is 544 g/mol. The molecule has 10 nitrogen and oxygen atoms in total. The van der Waals surface area contributed by atoms with Crippen molar-refractivity contribution >= 4 is 25.0 Å². The predicted octanol–water partition coefficient (Wildman–Crippen LogP) is 2.45. The van der Waals surface area contributed by atoms with Gasteiger partial charge in [-0.25, -0.2) is 4.79 Å². The fraction of sp³-hybridized carbons (Fsp3) is 0.679. The largest absolute Gasteiger partial charge is 0.481 e. The van der Waals surface area contributed by atoms with Crippen molar-refractivity contribution in [2.45, 2.75) is 96.5 Å². The Morgan fingerprint density at radius 1 is 0.949 bits per heavy atom. The number of rotatable bonds is 11. The molecule has 39 heavy (non-hydrogen) atoms. The number of morpholine rings is 1. The minimum absolute atomic E-state index is 0.126. The molecule has 0 radical (unpaired) electrons. The highest BCUT2D eigenvalue weighted by Gasteiger charge is 2.54. The molecule has 0 spiro atoms. The molecule has 216 valence electrons. The first-order valence-electron chi connectivity index (χ1n) is 14.0. The smallest absolute Gasteiger partial charge is 0.402 e. The second-order valence-electron chi connectivity index (χ2n) is 11.6. The van der Waals surface area contributed by atoms with Crippen LogP contribution < -0.4 is 16.0 Å². The molecule has 0 aromatic heterocycles. The SMILES string of the molecule is CC(C)NC(=O)NC(CC(=O)N1CCOCC1)C(=O)NC(CCCc1ccccc1)B1OC(C)(C)C(C)(C)O1. The van der Waals surface area contributed by atoms with E-state index in [2.05, 4.69) is 28.1 Å². The van der Waals surface area contributed by atoms with Gasteiger partial charge >= 0.3 is 13.1 Å². The number of amides is 4. The minimum atomic E-state index is -1.06. The second kappa shape index (κ2) is 13.6. The number of benzene rings is 1. The molecule has 0 saturated carbocycles. The van der Waals surface area contributed by atoms with Gasteiger partial charge in [0.15, 0.2) is 0 Å². The molecule has 11 heteroatoms. The van der Waals surface area contributed by atoms with E-state index in [1.807, 2.05) is 59.7 Å². The second-order valence-corrected chi connectivity index (χ2v) is 11.6. The van der Waals surface area contributed by atoms with Crippen molar-refractivity contribution in [3.63, 3.8) is 0 Å². The van der Waals surface area contributed by atoms with Crippen LogP contribution in [0.2, 0.25) is 0 Å². The predicted molar refractivity (Wildman–Crippen MR) is 150 cm³/mol.